The van der Waals surface area contributed by atoms with Crippen molar-refractivity contribution in [3.05, 3.63) is 59.4 Å². The SMILES string of the molecule is CC(C)[C@H](NC(=O)COc1ccccc1Cl)c1nc2ccccc2[nH]1. The van der Waals surface area contributed by atoms with Crippen molar-refractivity contribution in [2.75, 3.05) is 6.61 Å². The van der Waals surface area contributed by atoms with Crippen LogP contribution < -0.4 is 10.1 Å². The maximum Gasteiger partial charge on any atom is 0.258 e. The lowest BCUT2D eigenvalue weighted by Crippen LogP contribution is -2.35. The zero-order valence-electron chi connectivity index (χ0n) is 14.1. The van der Waals surface area contributed by atoms with Crippen molar-refractivity contribution in [2.24, 2.45) is 5.92 Å². The van der Waals surface area contributed by atoms with E-state index in [0.29, 0.717) is 10.8 Å². The molecule has 25 heavy (non-hydrogen) atoms. The average molecular weight is 358 g/mol. The van der Waals surface area contributed by atoms with E-state index < -0.39 is 0 Å². The number of hydrogen-bond acceptors (Lipinski definition) is 3. The van der Waals surface area contributed by atoms with E-state index in [9.17, 15) is 4.79 Å². The van der Waals surface area contributed by atoms with Gasteiger partial charge < -0.3 is 15.0 Å². The molecule has 1 amide bonds. The number of fused-ring (bicyclic) bond motifs is 1. The highest BCUT2D eigenvalue weighted by molar-refractivity contribution is 6.32. The summed E-state index contributed by atoms with van der Waals surface area (Å²) >= 11 is 6.03. The maximum absolute atomic E-state index is 12.3. The number of para-hydroxylation sites is 3. The van der Waals surface area contributed by atoms with Crippen molar-refractivity contribution in [1.82, 2.24) is 15.3 Å². The van der Waals surface area contributed by atoms with Gasteiger partial charge in [0.05, 0.1) is 22.1 Å². The van der Waals surface area contributed by atoms with Crippen molar-refractivity contribution in [3.63, 3.8) is 0 Å². The Hall–Kier alpha value is -2.53. The molecule has 0 radical (unpaired) electrons. The van der Waals surface area contributed by atoms with Crippen LogP contribution in [0.15, 0.2) is 48.5 Å². The highest BCUT2D eigenvalue weighted by atomic mass is 35.5. The summed E-state index contributed by atoms with van der Waals surface area (Å²) in [7, 11) is 0. The van der Waals surface area contributed by atoms with Crippen molar-refractivity contribution in [2.45, 2.75) is 19.9 Å². The minimum Gasteiger partial charge on any atom is -0.482 e. The molecule has 0 aliphatic heterocycles. The molecule has 1 aromatic heterocycles. The smallest absolute Gasteiger partial charge is 0.258 e. The molecule has 0 spiro atoms. The molecule has 6 heteroatoms. The number of imidazole rings is 1. The molecule has 1 atom stereocenters. The highest BCUT2D eigenvalue weighted by Gasteiger charge is 2.22. The lowest BCUT2D eigenvalue weighted by molar-refractivity contribution is -0.124. The molecule has 0 aliphatic rings. The largest absolute Gasteiger partial charge is 0.482 e. The summed E-state index contributed by atoms with van der Waals surface area (Å²) in [5.41, 5.74) is 1.83. The van der Waals surface area contributed by atoms with Gasteiger partial charge in [-0.1, -0.05) is 49.7 Å². The fourth-order valence-electron chi connectivity index (χ4n) is 2.59. The van der Waals surface area contributed by atoms with Crippen LogP contribution in [0.5, 0.6) is 5.75 Å². The number of rotatable bonds is 6. The Morgan fingerprint density at radius 2 is 1.92 bits per heavy atom. The number of carbonyl (C=O) groups is 1. The molecular formula is C19H20ClN3O2. The van der Waals surface area contributed by atoms with Gasteiger partial charge in [-0.2, -0.15) is 0 Å². The minimum atomic E-state index is -0.227. The molecule has 130 valence electrons. The van der Waals surface area contributed by atoms with E-state index in [1.54, 1.807) is 12.1 Å². The number of hydrogen-bond donors (Lipinski definition) is 2. The summed E-state index contributed by atoms with van der Waals surface area (Å²) in [5.74, 6) is 1.18. The monoisotopic (exact) mass is 357 g/mol. The van der Waals surface area contributed by atoms with Gasteiger partial charge in [-0.3, -0.25) is 4.79 Å². The molecule has 3 aromatic rings. The maximum atomic E-state index is 12.3. The first-order valence-corrected chi connectivity index (χ1v) is 8.53. The Morgan fingerprint density at radius 3 is 2.64 bits per heavy atom. The van der Waals surface area contributed by atoms with E-state index in [1.807, 2.05) is 50.2 Å². The number of benzene rings is 2. The molecular weight excluding hydrogens is 338 g/mol. The topological polar surface area (TPSA) is 67.0 Å². The zero-order chi connectivity index (χ0) is 17.8. The van der Waals surface area contributed by atoms with Gasteiger partial charge in [0.1, 0.15) is 11.6 Å². The molecule has 0 fully saturated rings. The van der Waals surface area contributed by atoms with Crippen molar-refractivity contribution in [1.29, 1.82) is 0 Å². The van der Waals surface area contributed by atoms with Crippen molar-refractivity contribution < 1.29 is 9.53 Å². The lowest BCUT2D eigenvalue weighted by Gasteiger charge is -2.20. The van der Waals surface area contributed by atoms with Gasteiger partial charge in [-0.15, -0.1) is 0 Å². The Labute approximate surface area is 151 Å². The van der Waals surface area contributed by atoms with Crippen LogP contribution >= 0.6 is 11.6 Å². The first-order chi connectivity index (χ1) is 12.0. The second-order valence-electron chi connectivity index (χ2n) is 6.15. The van der Waals surface area contributed by atoms with Gasteiger partial charge >= 0.3 is 0 Å². The molecule has 0 bridgehead atoms. The summed E-state index contributed by atoms with van der Waals surface area (Å²) in [6.45, 7) is 3.97. The number of nitrogens with zero attached hydrogens (tertiary/aromatic N) is 1. The average Bonchev–Trinajstić information content (AvgIpc) is 3.02. The molecule has 0 aliphatic carbocycles. The predicted molar refractivity (Wildman–Crippen MR) is 98.8 cm³/mol. The normalized spacial score (nSPS) is 12.3. The van der Waals surface area contributed by atoms with E-state index in [0.717, 1.165) is 16.9 Å². The van der Waals surface area contributed by atoms with E-state index in [-0.39, 0.29) is 24.5 Å². The fraction of sp³-hybridized carbons (Fsp3) is 0.263. The third-order valence-corrected chi connectivity index (χ3v) is 4.19. The predicted octanol–water partition coefficient (Wildman–Crippen LogP) is 4.11. The molecule has 0 saturated carbocycles. The molecule has 5 nitrogen and oxygen atoms in total. The zero-order valence-corrected chi connectivity index (χ0v) is 14.9. The van der Waals surface area contributed by atoms with Crippen LogP contribution in [0.25, 0.3) is 11.0 Å². The van der Waals surface area contributed by atoms with E-state index in [1.165, 1.54) is 0 Å². The highest BCUT2D eigenvalue weighted by Crippen LogP contribution is 2.24. The van der Waals surface area contributed by atoms with E-state index in [2.05, 4.69) is 15.3 Å². The van der Waals surface area contributed by atoms with Gasteiger partial charge in [0, 0.05) is 0 Å². The number of carbonyl (C=O) groups excluding carboxylic acids is 1. The number of amides is 1. The molecule has 3 rings (SSSR count). The summed E-state index contributed by atoms with van der Waals surface area (Å²) < 4.78 is 5.50. The second kappa shape index (κ2) is 7.57. The minimum absolute atomic E-state index is 0.104. The van der Waals surface area contributed by atoms with Crippen LogP contribution in [0.4, 0.5) is 0 Å². The number of aromatic nitrogens is 2. The van der Waals surface area contributed by atoms with Crippen LogP contribution in [0.3, 0.4) is 0 Å². The van der Waals surface area contributed by atoms with Crippen LogP contribution in [0, 0.1) is 5.92 Å². The number of halogens is 1. The summed E-state index contributed by atoms with van der Waals surface area (Å²) in [4.78, 5) is 20.2. The van der Waals surface area contributed by atoms with Gasteiger partial charge in [0.15, 0.2) is 6.61 Å². The molecule has 2 N–H and O–H groups in total. The fourth-order valence-corrected chi connectivity index (χ4v) is 2.78. The van der Waals surface area contributed by atoms with Crippen molar-refractivity contribution >= 4 is 28.5 Å². The van der Waals surface area contributed by atoms with Crippen LogP contribution in [-0.4, -0.2) is 22.5 Å². The lowest BCUT2D eigenvalue weighted by atomic mass is 10.0. The van der Waals surface area contributed by atoms with E-state index in [4.69, 9.17) is 16.3 Å². The first kappa shape index (κ1) is 17.3. The third kappa shape index (κ3) is 4.12. The van der Waals surface area contributed by atoms with Gasteiger partial charge in [0.2, 0.25) is 0 Å². The summed E-state index contributed by atoms with van der Waals surface area (Å²) in [5, 5.41) is 3.46. The second-order valence-corrected chi connectivity index (χ2v) is 6.55. The standard InChI is InChI=1S/C19H20ClN3O2/c1-12(2)18(19-21-14-8-4-5-9-15(14)22-19)23-17(24)11-25-16-10-6-3-7-13(16)20/h3-10,12,18H,11H2,1-2H3,(H,21,22)(H,23,24)/t18-/m0/s1. The van der Waals surface area contributed by atoms with Crippen LogP contribution in [0.1, 0.15) is 25.7 Å². The Balaban J connectivity index is 1.69. The quantitative estimate of drug-likeness (QED) is 0.697. The van der Waals surface area contributed by atoms with Crippen LogP contribution in [-0.2, 0) is 4.79 Å². The van der Waals surface area contributed by atoms with E-state index >= 15 is 0 Å². The molecule has 0 saturated heterocycles. The van der Waals surface area contributed by atoms with Crippen LogP contribution in [0.2, 0.25) is 5.02 Å². The Kier molecular flexibility index (Phi) is 5.24. The summed E-state index contributed by atoms with van der Waals surface area (Å²) in [6.07, 6.45) is 0. The first-order valence-electron chi connectivity index (χ1n) is 8.16. The molecule has 2 aromatic carbocycles. The summed E-state index contributed by atoms with van der Waals surface area (Å²) in [6, 6.07) is 14.6. The van der Waals surface area contributed by atoms with Gasteiger partial charge in [-0.25, -0.2) is 4.98 Å². The third-order valence-electron chi connectivity index (χ3n) is 3.88. The molecule has 1 heterocycles. The van der Waals surface area contributed by atoms with Gasteiger partial charge in [0.25, 0.3) is 5.91 Å². The number of aromatic amines is 1. The number of H-pyrrole nitrogens is 1. The Morgan fingerprint density at radius 1 is 1.20 bits per heavy atom. The number of ether oxygens (including phenoxy) is 1. The van der Waals surface area contributed by atoms with Crippen molar-refractivity contribution in [3.8, 4) is 5.75 Å². The molecule has 0 unspecified atom stereocenters. The van der Waals surface area contributed by atoms with Gasteiger partial charge in [-0.05, 0) is 30.2 Å². The number of nitrogens with one attached hydrogen (secondary N) is 2. The Bertz CT molecular complexity index is 843.